The van der Waals surface area contributed by atoms with Crippen molar-refractivity contribution in [1.82, 2.24) is 4.31 Å². The van der Waals surface area contributed by atoms with Crippen molar-refractivity contribution in [2.24, 2.45) is 0 Å². The number of nitrogens with zero attached hydrogens (tertiary/aromatic N) is 1. The van der Waals surface area contributed by atoms with Gasteiger partial charge in [0, 0.05) is 19.7 Å². The molecule has 0 aromatic carbocycles. The number of aliphatic hydroxyl groups is 1. The molecule has 92 valence electrons. The SMILES string of the molecule is CCN(C(C)COC)S(=O)(=O)C(C)CO. The second-order valence-electron chi connectivity index (χ2n) is 3.55. The average molecular weight is 239 g/mol. The molecule has 0 aliphatic heterocycles. The normalized spacial score (nSPS) is 16.7. The van der Waals surface area contributed by atoms with E-state index in [0.717, 1.165) is 0 Å². The highest BCUT2D eigenvalue weighted by Gasteiger charge is 2.30. The average Bonchev–Trinajstić information content (AvgIpc) is 2.17. The highest BCUT2D eigenvalue weighted by atomic mass is 32.2. The van der Waals surface area contributed by atoms with Crippen molar-refractivity contribution >= 4 is 10.0 Å². The zero-order chi connectivity index (χ0) is 12.1. The van der Waals surface area contributed by atoms with Crippen LogP contribution >= 0.6 is 0 Å². The Hall–Kier alpha value is -0.170. The summed E-state index contributed by atoms with van der Waals surface area (Å²) in [6.45, 7) is 5.43. The Morgan fingerprint density at radius 3 is 2.27 bits per heavy atom. The highest BCUT2D eigenvalue weighted by Crippen LogP contribution is 2.12. The number of ether oxygens (including phenoxy) is 1. The monoisotopic (exact) mass is 239 g/mol. The van der Waals surface area contributed by atoms with Gasteiger partial charge in [0.2, 0.25) is 10.0 Å². The molecule has 0 radical (unpaired) electrons. The fraction of sp³-hybridized carbons (Fsp3) is 1.00. The first-order chi connectivity index (χ1) is 6.91. The van der Waals surface area contributed by atoms with Gasteiger partial charge in [-0.05, 0) is 13.8 Å². The molecule has 0 rings (SSSR count). The Balaban J connectivity index is 4.80. The maximum absolute atomic E-state index is 11.9. The van der Waals surface area contributed by atoms with Crippen LogP contribution in [0.4, 0.5) is 0 Å². The van der Waals surface area contributed by atoms with Gasteiger partial charge in [0.05, 0.1) is 18.5 Å². The molecule has 0 saturated heterocycles. The number of sulfonamides is 1. The Morgan fingerprint density at radius 1 is 1.40 bits per heavy atom. The second-order valence-corrected chi connectivity index (χ2v) is 5.85. The first-order valence-corrected chi connectivity index (χ1v) is 6.52. The number of aliphatic hydroxyl groups excluding tert-OH is 1. The summed E-state index contributed by atoms with van der Waals surface area (Å²) < 4.78 is 30.1. The molecule has 0 spiro atoms. The van der Waals surface area contributed by atoms with Crippen LogP contribution in [0.5, 0.6) is 0 Å². The van der Waals surface area contributed by atoms with Gasteiger partial charge in [-0.3, -0.25) is 0 Å². The second kappa shape index (κ2) is 6.42. The van der Waals surface area contributed by atoms with Crippen molar-refractivity contribution in [1.29, 1.82) is 0 Å². The zero-order valence-electron chi connectivity index (χ0n) is 9.80. The van der Waals surface area contributed by atoms with Crippen molar-refractivity contribution in [3.05, 3.63) is 0 Å². The van der Waals surface area contributed by atoms with E-state index in [-0.39, 0.29) is 12.6 Å². The molecule has 5 nitrogen and oxygen atoms in total. The first-order valence-electron chi connectivity index (χ1n) is 5.02. The summed E-state index contributed by atoms with van der Waals surface area (Å²) in [5, 5.41) is 8.12. The van der Waals surface area contributed by atoms with E-state index in [1.165, 1.54) is 18.3 Å². The van der Waals surface area contributed by atoms with Gasteiger partial charge in [-0.1, -0.05) is 6.92 Å². The number of hydrogen-bond acceptors (Lipinski definition) is 4. The number of methoxy groups -OCH3 is 1. The molecule has 0 heterocycles. The summed E-state index contributed by atoms with van der Waals surface area (Å²) in [5.74, 6) is 0. The fourth-order valence-corrected chi connectivity index (χ4v) is 2.97. The molecule has 0 aromatic rings. The Kier molecular flexibility index (Phi) is 6.35. The van der Waals surface area contributed by atoms with Crippen LogP contribution in [0.15, 0.2) is 0 Å². The summed E-state index contributed by atoms with van der Waals surface area (Å²) in [4.78, 5) is 0. The quantitative estimate of drug-likeness (QED) is 0.682. The molecule has 0 amide bonds. The lowest BCUT2D eigenvalue weighted by Gasteiger charge is -2.28. The van der Waals surface area contributed by atoms with Crippen molar-refractivity contribution in [2.45, 2.75) is 32.1 Å². The summed E-state index contributed by atoms with van der Waals surface area (Å²) in [6.07, 6.45) is 0. The molecule has 0 saturated carbocycles. The molecule has 2 atom stereocenters. The molecular formula is C9H21NO4S. The molecule has 2 unspecified atom stereocenters. The lowest BCUT2D eigenvalue weighted by molar-refractivity contribution is 0.141. The van der Waals surface area contributed by atoms with E-state index in [2.05, 4.69) is 0 Å². The summed E-state index contributed by atoms with van der Waals surface area (Å²) >= 11 is 0. The van der Waals surface area contributed by atoms with Gasteiger partial charge in [-0.25, -0.2) is 8.42 Å². The van der Waals surface area contributed by atoms with E-state index >= 15 is 0 Å². The molecule has 1 N–H and O–H groups in total. The first kappa shape index (κ1) is 14.8. The largest absolute Gasteiger partial charge is 0.395 e. The predicted molar refractivity (Wildman–Crippen MR) is 59.2 cm³/mol. The van der Waals surface area contributed by atoms with Gasteiger partial charge in [0.25, 0.3) is 0 Å². The maximum atomic E-state index is 11.9. The number of rotatable bonds is 7. The minimum absolute atomic E-state index is 0.209. The van der Waals surface area contributed by atoms with Gasteiger partial charge in [-0.2, -0.15) is 4.31 Å². The van der Waals surface area contributed by atoms with Crippen LogP contribution in [-0.4, -0.2) is 56.0 Å². The van der Waals surface area contributed by atoms with Gasteiger partial charge < -0.3 is 9.84 Å². The van der Waals surface area contributed by atoms with Crippen molar-refractivity contribution in [2.75, 3.05) is 26.9 Å². The molecular weight excluding hydrogens is 218 g/mol. The van der Waals surface area contributed by atoms with Crippen LogP contribution in [0.1, 0.15) is 20.8 Å². The minimum atomic E-state index is -3.42. The van der Waals surface area contributed by atoms with E-state index in [1.807, 2.05) is 0 Å². The molecule has 0 aliphatic rings. The van der Waals surface area contributed by atoms with E-state index in [0.29, 0.717) is 13.2 Å². The number of hydrogen-bond donors (Lipinski definition) is 1. The fourth-order valence-electron chi connectivity index (χ4n) is 1.39. The third-order valence-electron chi connectivity index (χ3n) is 2.30. The summed E-state index contributed by atoms with van der Waals surface area (Å²) in [5.41, 5.74) is 0. The van der Waals surface area contributed by atoms with E-state index in [9.17, 15) is 8.42 Å². The minimum Gasteiger partial charge on any atom is -0.395 e. The lowest BCUT2D eigenvalue weighted by atomic mass is 10.4. The van der Waals surface area contributed by atoms with Crippen LogP contribution in [-0.2, 0) is 14.8 Å². The van der Waals surface area contributed by atoms with Crippen molar-refractivity contribution in [3.8, 4) is 0 Å². The van der Waals surface area contributed by atoms with Crippen LogP contribution < -0.4 is 0 Å². The van der Waals surface area contributed by atoms with E-state index < -0.39 is 15.3 Å². The molecule has 0 fully saturated rings. The van der Waals surface area contributed by atoms with Gasteiger partial charge in [-0.15, -0.1) is 0 Å². The standard InChI is InChI=1S/C9H21NO4S/c1-5-10(8(2)7-14-4)15(12,13)9(3)6-11/h8-9,11H,5-7H2,1-4H3. The molecule has 0 aromatic heterocycles. The van der Waals surface area contributed by atoms with E-state index in [1.54, 1.807) is 13.8 Å². The smallest absolute Gasteiger partial charge is 0.219 e. The summed E-state index contributed by atoms with van der Waals surface area (Å²) in [7, 11) is -1.89. The van der Waals surface area contributed by atoms with Crippen molar-refractivity contribution < 1.29 is 18.3 Å². The van der Waals surface area contributed by atoms with E-state index in [4.69, 9.17) is 9.84 Å². The predicted octanol–water partition coefficient (Wildman–Crippen LogP) is 0.0538. The Labute approximate surface area is 92.1 Å². The van der Waals surface area contributed by atoms with Crippen LogP contribution in [0.3, 0.4) is 0 Å². The summed E-state index contributed by atoms with van der Waals surface area (Å²) in [6, 6.07) is -0.209. The van der Waals surface area contributed by atoms with Crippen LogP contribution in [0.2, 0.25) is 0 Å². The van der Waals surface area contributed by atoms with Crippen molar-refractivity contribution in [3.63, 3.8) is 0 Å². The van der Waals surface area contributed by atoms with Gasteiger partial charge in [0.15, 0.2) is 0 Å². The topological polar surface area (TPSA) is 66.8 Å². The third-order valence-corrected chi connectivity index (χ3v) is 4.74. The van der Waals surface area contributed by atoms with Crippen LogP contribution in [0.25, 0.3) is 0 Å². The molecule has 6 heteroatoms. The molecule has 0 bridgehead atoms. The number of likely N-dealkylation sites (N-methyl/N-ethyl adjacent to an activating group) is 1. The van der Waals surface area contributed by atoms with Gasteiger partial charge >= 0.3 is 0 Å². The lowest BCUT2D eigenvalue weighted by Crippen LogP contribution is -2.45. The highest BCUT2D eigenvalue weighted by molar-refractivity contribution is 7.89. The van der Waals surface area contributed by atoms with Crippen LogP contribution in [0, 0.1) is 0 Å². The third kappa shape index (κ3) is 3.71. The Bertz CT molecular complexity index is 265. The maximum Gasteiger partial charge on any atom is 0.219 e. The zero-order valence-corrected chi connectivity index (χ0v) is 10.6. The molecule has 15 heavy (non-hydrogen) atoms. The molecule has 0 aliphatic carbocycles. The Morgan fingerprint density at radius 2 is 1.93 bits per heavy atom. The van der Waals surface area contributed by atoms with Gasteiger partial charge in [0.1, 0.15) is 0 Å².